The minimum absolute atomic E-state index is 0.0306. The molecule has 0 aliphatic carbocycles. The van der Waals surface area contributed by atoms with Crippen molar-refractivity contribution in [3.63, 3.8) is 0 Å². The molecule has 2 aromatic carbocycles. The zero-order chi connectivity index (χ0) is 26.6. The summed E-state index contributed by atoms with van der Waals surface area (Å²) in [4.78, 5) is 14.3. The van der Waals surface area contributed by atoms with E-state index in [0.29, 0.717) is 24.1 Å². The van der Waals surface area contributed by atoms with Crippen LogP contribution in [0.15, 0.2) is 42.5 Å². The highest BCUT2D eigenvalue weighted by Gasteiger charge is 2.53. The third-order valence-corrected chi connectivity index (χ3v) is 6.95. The van der Waals surface area contributed by atoms with Gasteiger partial charge in [0.05, 0.1) is 23.3 Å². The van der Waals surface area contributed by atoms with Gasteiger partial charge in [-0.1, -0.05) is 12.1 Å². The first-order chi connectivity index (χ1) is 16.6. The lowest BCUT2D eigenvalue weighted by Gasteiger charge is -2.39. The number of rotatable bonds is 4. The Morgan fingerprint density at radius 2 is 1.58 bits per heavy atom. The average Bonchev–Trinajstić information content (AvgIpc) is 3.14. The number of halogens is 7. The number of aliphatic hydroxyl groups is 1. The lowest BCUT2D eigenvalue weighted by molar-refractivity contribution is -0.157. The van der Waals surface area contributed by atoms with Crippen molar-refractivity contribution < 1.29 is 45.4 Å². The number of hydrogen-bond donors (Lipinski definition) is 1. The summed E-state index contributed by atoms with van der Waals surface area (Å²) < 4.78 is 99.6. The molecule has 196 valence electrons. The summed E-state index contributed by atoms with van der Waals surface area (Å²) in [6.45, 7) is 2.69. The summed E-state index contributed by atoms with van der Waals surface area (Å²) in [5.41, 5.74) is -4.22. The van der Waals surface area contributed by atoms with E-state index in [-0.39, 0.29) is 24.6 Å². The van der Waals surface area contributed by atoms with Crippen LogP contribution < -0.4 is 0 Å². The van der Waals surface area contributed by atoms with Crippen molar-refractivity contribution in [1.82, 2.24) is 4.90 Å². The Balaban J connectivity index is 1.69. The Morgan fingerprint density at radius 1 is 1.03 bits per heavy atom. The van der Waals surface area contributed by atoms with Gasteiger partial charge in [0.1, 0.15) is 11.4 Å². The number of amides is 1. The average molecular weight is 519 g/mol. The van der Waals surface area contributed by atoms with E-state index in [4.69, 9.17) is 4.74 Å². The molecule has 0 spiro atoms. The third kappa shape index (κ3) is 5.08. The Morgan fingerprint density at radius 3 is 2.11 bits per heavy atom. The molecule has 0 bridgehead atoms. The monoisotopic (exact) mass is 519 g/mol. The molecule has 0 radical (unpaired) electrons. The maximum absolute atomic E-state index is 13.6. The lowest BCUT2D eigenvalue weighted by atomic mass is 9.82. The van der Waals surface area contributed by atoms with Gasteiger partial charge in [-0.15, -0.1) is 0 Å². The summed E-state index contributed by atoms with van der Waals surface area (Å²) >= 11 is 0. The summed E-state index contributed by atoms with van der Waals surface area (Å²) in [6.07, 6.45) is -11.5. The second-order valence-corrected chi connectivity index (χ2v) is 9.57. The summed E-state index contributed by atoms with van der Waals surface area (Å²) in [6, 6.07) is 6.31. The summed E-state index contributed by atoms with van der Waals surface area (Å²) in [5, 5.41) is 10.4. The quantitative estimate of drug-likeness (QED) is 0.516. The molecular weight excluding hydrogens is 495 g/mol. The molecule has 2 aromatic rings. The number of fused-ring (bicyclic) bond motifs is 1. The fourth-order valence-corrected chi connectivity index (χ4v) is 5.10. The fourth-order valence-electron chi connectivity index (χ4n) is 5.10. The van der Waals surface area contributed by atoms with E-state index >= 15 is 0 Å². The fraction of sp³-hybridized carbons (Fsp3) is 0.480. The van der Waals surface area contributed by atoms with Crippen LogP contribution in [0.5, 0.6) is 0 Å². The highest BCUT2D eigenvalue weighted by atomic mass is 19.4. The van der Waals surface area contributed by atoms with Crippen LogP contribution in [0.2, 0.25) is 0 Å². The smallest absolute Gasteiger partial charge is 0.380 e. The molecule has 4 nitrogen and oxygen atoms in total. The number of nitrogens with zero attached hydrogens (tertiary/aromatic N) is 1. The zero-order valence-electron chi connectivity index (χ0n) is 19.3. The maximum atomic E-state index is 13.6. The third-order valence-electron chi connectivity index (χ3n) is 6.95. The van der Waals surface area contributed by atoms with E-state index < -0.39 is 65.0 Å². The largest absolute Gasteiger partial charge is 0.416 e. The SMILES string of the molecule is C[C@@H](O[C@H]1CN2C(=O)C(C)(O)CC[C@H]2[C@@H]1c1ccc(F)cc1)c1cc(C(F)(F)F)cc(C(F)(F)F)c1. The van der Waals surface area contributed by atoms with Gasteiger partial charge in [0.25, 0.3) is 5.91 Å². The van der Waals surface area contributed by atoms with Gasteiger partial charge in [0, 0.05) is 18.5 Å². The van der Waals surface area contributed by atoms with Crippen LogP contribution in [-0.4, -0.2) is 40.2 Å². The molecule has 2 saturated heterocycles. The van der Waals surface area contributed by atoms with Gasteiger partial charge in [-0.05, 0) is 68.1 Å². The molecule has 1 amide bonds. The topological polar surface area (TPSA) is 49.8 Å². The van der Waals surface area contributed by atoms with E-state index in [0.717, 1.165) is 0 Å². The molecule has 2 aliphatic rings. The van der Waals surface area contributed by atoms with Gasteiger partial charge in [-0.2, -0.15) is 26.3 Å². The summed E-state index contributed by atoms with van der Waals surface area (Å²) in [7, 11) is 0. The number of piperidine rings is 1. The number of carbonyl (C=O) groups is 1. The van der Waals surface area contributed by atoms with Crippen molar-refractivity contribution in [2.24, 2.45) is 0 Å². The molecular formula is C25H24F7NO3. The molecule has 36 heavy (non-hydrogen) atoms. The van der Waals surface area contributed by atoms with Crippen LogP contribution in [0.3, 0.4) is 0 Å². The molecule has 0 saturated carbocycles. The maximum Gasteiger partial charge on any atom is 0.416 e. The van der Waals surface area contributed by atoms with Crippen LogP contribution in [0.4, 0.5) is 30.7 Å². The molecule has 5 atom stereocenters. The van der Waals surface area contributed by atoms with E-state index in [2.05, 4.69) is 0 Å². The second kappa shape index (κ2) is 9.02. The number of alkyl halides is 6. The number of carbonyl (C=O) groups excluding carboxylic acids is 1. The van der Waals surface area contributed by atoms with Crippen LogP contribution in [0.1, 0.15) is 61.0 Å². The zero-order valence-corrected chi connectivity index (χ0v) is 19.3. The van der Waals surface area contributed by atoms with Crippen LogP contribution in [0, 0.1) is 5.82 Å². The standard InChI is InChI=1S/C25H24F7NO3/c1-13(15-9-16(24(27,28)29)11-17(10-15)25(30,31)32)36-20-12-33-19(7-8-23(2,35)22(33)34)21(20)14-3-5-18(26)6-4-14/h3-6,9-11,13,19-21,35H,7-8,12H2,1-2H3/t13-,19+,20+,21+,23?/m1/s1. The molecule has 0 aromatic heterocycles. The van der Waals surface area contributed by atoms with Crippen molar-refractivity contribution in [2.75, 3.05) is 6.54 Å². The Hall–Kier alpha value is -2.66. The lowest BCUT2D eigenvalue weighted by Crippen LogP contribution is -2.54. The van der Waals surface area contributed by atoms with Crippen LogP contribution in [0.25, 0.3) is 0 Å². The predicted octanol–water partition coefficient (Wildman–Crippen LogP) is 5.85. The molecule has 4 rings (SSSR count). The summed E-state index contributed by atoms with van der Waals surface area (Å²) in [5.74, 6) is -1.56. The first-order valence-corrected chi connectivity index (χ1v) is 11.3. The first-order valence-electron chi connectivity index (χ1n) is 11.3. The molecule has 11 heteroatoms. The van der Waals surface area contributed by atoms with Crippen molar-refractivity contribution >= 4 is 5.91 Å². The van der Waals surface area contributed by atoms with Crippen LogP contribution in [-0.2, 0) is 21.9 Å². The Bertz CT molecular complexity index is 1100. The first kappa shape index (κ1) is 26.4. The number of hydrogen-bond acceptors (Lipinski definition) is 3. The van der Waals surface area contributed by atoms with Gasteiger partial charge in [0.2, 0.25) is 0 Å². The van der Waals surface area contributed by atoms with Crippen LogP contribution >= 0.6 is 0 Å². The number of ether oxygens (including phenoxy) is 1. The Kier molecular flexibility index (Phi) is 6.62. The van der Waals surface area contributed by atoms with Gasteiger partial charge in [-0.25, -0.2) is 4.39 Å². The minimum atomic E-state index is -5.00. The van der Waals surface area contributed by atoms with Gasteiger partial charge < -0.3 is 14.7 Å². The highest BCUT2D eigenvalue weighted by Crippen LogP contribution is 2.45. The van der Waals surface area contributed by atoms with E-state index in [1.54, 1.807) is 0 Å². The van der Waals surface area contributed by atoms with Crippen molar-refractivity contribution in [1.29, 1.82) is 0 Å². The van der Waals surface area contributed by atoms with Gasteiger partial charge in [0.15, 0.2) is 0 Å². The van der Waals surface area contributed by atoms with Gasteiger partial charge in [-0.3, -0.25) is 4.79 Å². The van der Waals surface area contributed by atoms with Crippen molar-refractivity contribution in [2.45, 2.75) is 68.8 Å². The molecule has 2 aliphatic heterocycles. The minimum Gasteiger partial charge on any atom is -0.380 e. The molecule has 2 fully saturated rings. The molecule has 2 heterocycles. The molecule has 1 unspecified atom stereocenters. The van der Waals surface area contributed by atoms with Gasteiger partial charge >= 0.3 is 12.4 Å². The van der Waals surface area contributed by atoms with E-state index in [9.17, 15) is 40.6 Å². The Labute approximate surface area is 202 Å². The van der Waals surface area contributed by atoms with E-state index in [1.165, 1.54) is 43.0 Å². The van der Waals surface area contributed by atoms with Crippen molar-refractivity contribution in [3.05, 3.63) is 70.5 Å². The number of benzene rings is 2. The van der Waals surface area contributed by atoms with Crippen molar-refractivity contribution in [3.8, 4) is 0 Å². The predicted molar refractivity (Wildman–Crippen MR) is 114 cm³/mol. The second-order valence-electron chi connectivity index (χ2n) is 9.57. The van der Waals surface area contributed by atoms with E-state index in [1.807, 2.05) is 0 Å². The highest BCUT2D eigenvalue weighted by molar-refractivity contribution is 5.86. The molecule has 1 N–H and O–H groups in total. The normalized spacial score (nSPS) is 27.8.